The fourth-order valence-corrected chi connectivity index (χ4v) is 2.91. The van der Waals surface area contributed by atoms with Crippen LogP contribution in [0.25, 0.3) is 0 Å². The van der Waals surface area contributed by atoms with E-state index in [1.54, 1.807) is 6.07 Å². The molecular formula is C15H15FN4O. The lowest BCUT2D eigenvalue weighted by Crippen LogP contribution is -2.23. The van der Waals surface area contributed by atoms with Crippen LogP contribution < -0.4 is 5.73 Å². The van der Waals surface area contributed by atoms with E-state index >= 15 is 0 Å². The molecular weight excluding hydrogens is 271 g/mol. The number of hydrogen-bond donors (Lipinski definition) is 2. The van der Waals surface area contributed by atoms with Crippen molar-refractivity contribution < 1.29 is 9.60 Å². The largest absolute Gasteiger partial charge is 0.411 e. The Balaban J connectivity index is 2.07. The van der Waals surface area contributed by atoms with Crippen molar-refractivity contribution in [3.63, 3.8) is 0 Å². The summed E-state index contributed by atoms with van der Waals surface area (Å²) in [5, 5.41) is 12.7. The Morgan fingerprint density at radius 2 is 2.14 bits per heavy atom. The molecule has 0 fully saturated rings. The zero-order valence-corrected chi connectivity index (χ0v) is 11.5. The Hall–Kier alpha value is -2.50. The van der Waals surface area contributed by atoms with Crippen LogP contribution in [0.3, 0.4) is 0 Å². The van der Waals surface area contributed by atoms with Crippen LogP contribution in [0.4, 0.5) is 10.3 Å². The van der Waals surface area contributed by atoms with Gasteiger partial charge < -0.3 is 10.9 Å². The second kappa shape index (κ2) is 5.12. The van der Waals surface area contributed by atoms with E-state index in [0.717, 1.165) is 16.8 Å². The maximum Gasteiger partial charge on any atom is 0.220 e. The Morgan fingerprint density at radius 3 is 2.86 bits per heavy atom. The molecule has 3 rings (SSSR count). The fourth-order valence-electron chi connectivity index (χ4n) is 2.91. The third-order valence-corrected chi connectivity index (χ3v) is 3.79. The van der Waals surface area contributed by atoms with E-state index in [1.807, 2.05) is 13.0 Å². The van der Waals surface area contributed by atoms with Gasteiger partial charge in [-0.25, -0.2) is 14.4 Å². The van der Waals surface area contributed by atoms with Gasteiger partial charge >= 0.3 is 0 Å². The monoisotopic (exact) mass is 286 g/mol. The second-order valence-electron chi connectivity index (χ2n) is 5.20. The Kier molecular flexibility index (Phi) is 3.29. The molecule has 6 heteroatoms. The summed E-state index contributed by atoms with van der Waals surface area (Å²) < 4.78 is 13.4. The number of oxime groups is 1. The molecule has 1 atom stereocenters. The fraction of sp³-hybridized carbons (Fsp3) is 0.267. The summed E-state index contributed by atoms with van der Waals surface area (Å²) in [4.78, 5) is 8.36. The Morgan fingerprint density at radius 1 is 1.33 bits per heavy atom. The number of hydrogen-bond acceptors (Lipinski definition) is 5. The van der Waals surface area contributed by atoms with Gasteiger partial charge in [0, 0.05) is 12.0 Å². The van der Waals surface area contributed by atoms with E-state index in [2.05, 4.69) is 15.1 Å². The minimum Gasteiger partial charge on any atom is -0.411 e. The summed E-state index contributed by atoms with van der Waals surface area (Å²) in [5.41, 5.74) is 9.26. The predicted octanol–water partition coefficient (Wildman–Crippen LogP) is 2.41. The minimum absolute atomic E-state index is 0.00722. The Bertz CT molecular complexity index is 730. The van der Waals surface area contributed by atoms with Gasteiger partial charge in [-0.1, -0.05) is 17.3 Å². The molecule has 0 saturated heterocycles. The van der Waals surface area contributed by atoms with Crippen LogP contribution in [0.2, 0.25) is 0 Å². The Labute approximate surface area is 121 Å². The van der Waals surface area contributed by atoms with Gasteiger partial charge in [-0.3, -0.25) is 0 Å². The first kappa shape index (κ1) is 13.5. The zero-order valence-electron chi connectivity index (χ0n) is 11.5. The van der Waals surface area contributed by atoms with Gasteiger partial charge in [0.15, 0.2) is 0 Å². The third-order valence-electron chi connectivity index (χ3n) is 3.79. The summed E-state index contributed by atoms with van der Waals surface area (Å²) in [7, 11) is 0. The van der Waals surface area contributed by atoms with Crippen LogP contribution in [0, 0.1) is 12.7 Å². The molecule has 0 saturated carbocycles. The van der Waals surface area contributed by atoms with E-state index in [-0.39, 0.29) is 17.7 Å². The number of rotatable bonds is 1. The zero-order chi connectivity index (χ0) is 15.0. The van der Waals surface area contributed by atoms with Gasteiger partial charge in [0.2, 0.25) is 5.95 Å². The van der Waals surface area contributed by atoms with Crippen LogP contribution in [0.15, 0.2) is 29.4 Å². The molecule has 1 heterocycles. The number of nitrogen functional groups attached to an aromatic ring is 1. The number of anilines is 1. The van der Waals surface area contributed by atoms with E-state index < -0.39 is 0 Å². The molecule has 0 radical (unpaired) electrons. The van der Waals surface area contributed by atoms with E-state index in [9.17, 15) is 9.60 Å². The number of nitrogens with two attached hydrogens (primary N) is 1. The summed E-state index contributed by atoms with van der Waals surface area (Å²) in [6, 6.07) is 6.45. The molecule has 1 aromatic heterocycles. The van der Waals surface area contributed by atoms with Crippen molar-refractivity contribution in [1.29, 1.82) is 0 Å². The quantitative estimate of drug-likeness (QED) is 0.623. The molecule has 2 aromatic rings. The van der Waals surface area contributed by atoms with Crippen molar-refractivity contribution in [2.24, 2.45) is 5.16 Å². The van der Waals surface area contributed by atoms with Crippen molar-refractivity contribution in [3.8, 4) is 0 Å². The highest BCUT2D eigenvalue weighted by Crippen LogP contribution is 2.33. The van der Waals surface area contributed by atoms with Crippen LogP contribution in [-0.2, 0) is 6.42 Å². The van der Waals surface area contributed by atoms with Crippen LogP contribution >= 0.6 is 0 Å². The van der Waals surface area contributed by atoms with Crippen molar-refractivity contribution in [1.82, 2.24) is 9.97 Å². The molecule has 1 aromatic carbocycles. The number of nitrogens with zero attached hydrogens (tertiary/aromatic N) is 3. The lowest BCUT2D eigenvalue weighted by atomic mass is 9.81. The average Bonchev–Trinajstić information content (AvgIpc) is 2.45. The molecule has 0 amide bonds. The van der Waals surface area contributed by atoms with Gasteiger partial charge in [0.25, 0.3) is 0 Å². The first-order valence-corrected chi connectivity index (χ1v) is 6.68. The van der Waals surface area contributed by atoms with Crippen molar-refractivity contribution in [3.05, 3.63) is 52.6 Å². The lowest BCUT2D eigenvalue weighted by molar-refractivity contribution is 0.316. The minimum atomic E-state index is -0.279. The maximum absolute atomic E-state index is 13.4. The maximum atomic E-state index is 13.4. The molecule has 0 aliphatic heterocycles. The number of benzene rings is 1. The highest BCUT2D eigenvalue weighted by Gasteiger charge is 2.29. The van der Waals surface area contributed by atoms with Crippen LogP contribution in [0.1, 0.15) is 34.9 Å². The van der Waals surface area contributed by atoms with Crippen molar-refractivity contribution in [2.75, 3.05) is 5.73 Å². The summed E-state index contributed by atoms with van der Waals surface area (Å²) >= 11 is 0. The lowest BCUT2D eigenvalue weighted by Gasteiger charge is -2.25. The molecule has 1 aliphatic carbocycles. The summed E-state index contributed by atoms with van der Waals surface area (Å²) in [6.07, 6.45) is 1.13. The standard InChI is InChI=1S/C15H15FN4O/c1-8-14-12(19-15(17)18-8)6-10(7-13(14)20-21)9-3-2-4-11(16)5-9/h2-5,10,21H,6-7H2,1H3,(H2,17,18,19). The van der Waals surface area contributed by atoms with Crippen LogP contribution in [0.5, 0.6) is 0 Å². The van der Waals surface area contributed by atoms with Gasteiger partial charge in [0.05, 0.1) is 17.1 Å². The first-order valence-electron chi connectivity index (χ1n) is 6.68. The van der Waals surface area contributed by atoms with Crippen LogP contribution in [-0.4, -0.2) is 20.9 Å². The summed E-state index contributed by atoms with van der Waals surface area (Å²) in [6.45, 7) is 1.81. The predicted molar refractivity (Wildman–Crippen MR) is 77.0 cm³/mol. The average molecular weight is 286 g/mol. The normalized spacial score (nSPS) is 19.5. The van der Waals surface area contributed by atoms with E-state index in [4.69, 9.17) is 5.73 Å². The highest BCUT2D eigenvalue weighted by atomic mass is 19.1. The molecule has 21 heavy (non-hydrogen) atoms. The van der Waals surface area contributed by atoms with Gasteiger partial charge in [-0.15, -0.1) is 0 Å². The summed E-state index contributed by atoms with van der Waals surface area (Å²) in [5.74, 6) is -0.0737. The smallest absolute Gasteiger partial charge is 0.220 e. The highest BCUT2D eigenvalue weighted by molar-refractivity contribution is 6.03. The van der Waals surface area contributed by atoms with E-state index in [0.29, 0.717) is 24.2 Å². The van der Waals surface area contributed by atoms with Crippen molar-refractivity contribution >= 4 is 11.7 Å². The number of aryl methyl sites for hydroxylation is 1. The second-order valence-corrected chi connectivity index (χ2v) is 5.20. The number of halogens is 1. The molecule has 0 bridgehead atoms. The van der Waals surface area contributed by atoms with Gasteiger partial charge in [0.1, 0.15) is 5.82 Å². The van der Waals surface area contributed by atoms with Gasteiger partial charge in [-0.2, -0.15) is 0 Å². The van der Waals surface area contributed by atoms with E-state index in [1.165, 1.54) is 12.1 Å². The number of aromatic nitrogens is 2. The first-order chi connectivity index (χ1) is 10.1. The molecule has 5 nitrogen and oxygen atoms in total. The third kappa shape index (κ3) is 2.44. The van der Waals surface area contributed by atoms with Crippen molar-refractivity contribution in [2.45, 2.75) is 25.7 Å². The molecule has 0 spiro atoms. The molecule has 108 valence electrons. The van der Waals surface area contributed by atoms with Gasteiger partial charge in [-0.05, 0) is 37.0 Å². The number of fused-ring (bicyclic) bond motifs is 1. The molecule has 1 unspecified atom stereocenters. The molecule has 1 aliphatic rings. The topological polar surface area (TPSA) is 84.4 Å². The molecule has 3 N–H and O–H groups in total. The SMILES string of the molecule is Cc1nc(N)nc2c1C(=NO)CC(c1cccc(F)c1)C2.